The summed E-state index contributed by atoms with van der Waals surface area (Å²) in [5, 5.41) is 5.39. The first-order chi connectivity index (χ1) is 12.1. The van der Waals surface area contributed by atoms with Crippen LogP contribution >= 0.6 is 0 Å². The number of imidazole rings is 1. The van der Waals surface area contributed by atoms with Gasteiger partial charge in [0, 0.05) is 37.9 Å². The molecule has 0 bridgehead atoms. The zero-order valence-corrected chi connectivity index (χ0v) is 14.0. The summed E-state index contributed by atoms with van der Waals surface area (Å²) < 4.78 is 3.29. The summed E-state index contributed by atoms with van der Waals surface area (Å²) in [5.41, 5.74) is 0.145. The van der Waals surface area contributed by atoms with Gasteiger partial charge >= 0.3 is 0 Å². The predicted octanol–water partition coefficient (Wildman–Crippen LogP) is 1.61. The van der Waals surface area contributed by atoms with Crippen molar-refractivity contribution in [3.05, 3.63) is 59.0 Å². The minimum atomic E-state index is -0.193. The van der Waals surface area contributed by atoms with Crippen LogP contribution < -0.4 is 5.56 Å². The highest BCUT2D eigenvalue weighted by atomic mass is 16.2. The summed E-state index contributed by atoms with van der Waals surface area (Å²) in [6.45, 7) is 1.32. The van der Waals surface area contributed by atoms with Crippen LogP contribution in [0.15, 0.2) is 47.8 Å². The van der Waals surface area contributed by atoms with E-state index >= 15 is 0 Å². The molecule has 3 aromatic rings. The van der Waals surface area contributed by atoms with Gasteiger partial charge in [-0.25, -0.2) is 9.67 Å². The van der Waals surface area contributed by atoms with E-state index in [1.165, 1.54) is 4.68 Å². The monoisotopic (exact) mass is 337 g/mol. The van der Waals surface area contributed by atoms with Crippen LogP contribution in [0.4, 0.5) is 0 Å². The largest absolute Gasteiger partial charge is 0.335 e. The number of carbonyl (C=O) groups excluding carboxylic acids is 1. The topological polar surface area (TPSA) is 73.0 Å². The molecule has 0 N–H and O–H groups in total. The number of nitrogens with zero attached hydrogens (tertiary/aromatic N) is 5. The summed E-state index contributed by atoms with van der Waals surface area (Å²) in [6.07, 6.45) is 7.42. The van der Waals surface area contributed by atoms with Crippen molar-refractivity contribution in [1.29, 1.82) is 0 Å². The third-order valence-electron chi connectivity index (χ3n) is 4.79. The number of piperidine rings is 1. The predicted molar refractivity (Wildman–Crippen MR) is 93.4 cm³/mol. The van der Waals surface area contributed by atoms with Gasteiger partial charge < -0.3 is 9.47 Å². The second-order valence-corrected chi connectivity index (χ2v) is 6.38. The molecule has 7 heteroatoms. The normalized spacial score (nSPS) is 17.8. The highest BCUT2D eigenvalue weighted by Gasteiger charge is 2.27. The average Bonchev–Trinajstić information content (AvgIpc) is 3.19. The molecule has 7 nitrogen and oxygen atoms in total. The number of rotatable bonds is 2. The first kappa shape index (κ1) is 15.6. The van der Waals surface area contributed by atoms with Crippen molar-refractivity contribution in [3.63, 3.8) is 0 Å². The molecule has 0 saturated carbocycles. The minimum absolute atomic E-state index is 0.128. The molecule has 0 unspecified atom stereocenters. The molecule has 0 radical (unpaired) electrons. The quantitative estimate of drug-likeness (QED) is 0.712. The van der Waals surface area contributed by atoms with Gasteiger partial charge in [-0.2, -0.15) is 5.10 Å². The van der Waals surface area contributed by atoms with Crippen molar-refractivity contribution in [2.24, 2.45) is 7.05 Å². The summed E-state index contributed by atoms with van der Waals surface area (Å²) in [4.78, 5) is 31.3. The van der Waals surface area contributed by atoms with Crippen LogP contribution in [0.2, 0.25) is 0 Å². The van der Waals surface area contributed by atoms with Crippen LogP contribution in [0.25, 0.3) is 10.8 Å². The number of likely N-dealkylation sites (tertiary alicyclic amines) is 1. The summed E-state index contributed by atoms with van der Waals surface area (Å²) >= 11 is 0. The maximum Gasteiger partial charge on any atom is 0.275 e. The Morgan fingerprint density at radius 2 is 2.04 bits per heavy atom. The highest BCUT2D eigenvalue weighted by molar-refractivity contribution is 6.04. The Balaban J connectivity index is 1.70. The van der Waals surface area contributed by atoms with E-state index in [-0.39, 0.29) is 17.5 Å². The Hall–Kier alpha value is -2.96. The van der Waals surface area contributed by atoms with Crippen LogP contribution in [0.3, 0.4) is 0 Å². The molecule has 25 heavy (non-hydrogen) atoms. The lowest BCUT2D eigenvalue weighted by molar-refractivity contribution is 0.0673. The van der Waals surface area contributed by atoms with Gasteiger partial charge in [-0.05, 0) is 18.9 Å². The Labute approximate surface area is 144 Å². The Kier molecular flexibility index (Phi) is 3.83. The number of aromatic nitrogens is 4. The number of carbonyl (C=O) groups is 1. The van der Waals surface area contributed by atoms with Crippen molar-refractivity contribution in [2.75, 3.05) is 13.1 Å². The van der Waals surface area contributed by atoms with E-state index in [1.54, 1.807) is 37.8 Å². The van der Waals surface area contributed by atoms with E-state index in [2.05, 4.69) is 10.1 Å². The summed E-state index contributed by atoms with van der Waals surface area (Å²) in [6, 6.07) is 7.37. The lowest BCUT2D eigenvalue weighted by Crippen LogP contribution is -2.41. The fourth-order valence-corrected chi connectivity index (χ4v) is 3.48. The van der Waals surface area contributed by atoms with E-state index in [1.807, 2.05) is 21.7 Å². The van der Waals surface area contributed by atoms with E-state index in [9.17, 15) is 9.59 Å². The van der Waals surface area contributed by atoms with Gasteiger partial charge in [0.05, 0.1) is 17.8 Å². The molecular weight excluding hydrogens is 318 g/mol. The number of fused-ring (bicyclic) bond motifs is 1. The van der Waals surface area contributed by atoms with Crippen molar-refractivity contribution in [2.45, 2.75) is 18.9 Å². The standard InChI is InChI=1S/C18H19N5O2/c1-21-17(24)15-7-3-2-6-14(15)16(20-21)18(25)22-9-4-5-13(11-22)23-10-8-19-12-23/h2-3,6-8,10,12-13H,4-5,9,11H2,1H3/t13-/m1/s1. The van der Waals surface area contributed by atoms with Crippen LogP contribution in [0.1, 0.15) is 29.4 Å². The number of hydrogen-bond donors (Lipinski definition) is 0. The fraction of sp³-hybridized carbons (Fsp3) is 0.333. The molecule has 1 aromatic carbocycles. The van der Waals surface area contributed by atoms with Crippen molar-refractivity contribution in [3.8, 4) is 0 Å². The Morgan fingerprint density at radius 1 is 1.24 bits per heavy atom. The molecule has 2 aromatic heterocycles. The van der Waals surface area contributed by atoms with Gasteiger partial charge in [0.15, 0.2) is 5.69 Å². The molecule has 128 valence electrons. The van der Waals surface area contributed by atoms with E-state index in [0.29, 0.717) is 29.6 Å². The van der Waals surface area contributed by atoms with Gasteiger partial charge in [-0.1, -0.05) is 18.2 Å². The molecule has 1 atom stereocenters. The third kappa shape index (κ3) is 2.71. The zero-order chi connectivity index (χ0) is 17.4. The summed E-state index contributed by atoms with van der Waals surface area (Å²) in [7, 11) is 1.58. The van der Waals surface area contributed by atoms with Gasteiger partial charge in [0.25, 0.3) is 11.5 Å². The van der Waals surface area contributed by atoms with Crippen LogP contribution in [0, 0.1) is 0 Å². The Morgan fingerprint density at radius 3 is 2.80 bits per heavy atom. The third-order valence-corrected chi connectivity index (χ3v) is 4.79. The minimum Gasteiger partial charge on any atom is -0.335 e. The van der Waals surface area contributed by atoms with Gasteiger partial charge in [-0.3, -0.25) is 9.59 Å². The molecule has 0 aliphatic carbocycles. The van der Waals surface area contributed by atoms with Gasteiger partial charge in [0.2, 0.25) is 0 Å². The summed E-state index contributed by atoms with van der Waals surface area (Å²) in [5.74, 6) is -0.128. The lowest BCUT2D eigenvalue weighted by atomic mass is 10.0. The van der Waals surface area contributed by atoms with E-state index in [4.69, 9.17) is 0 Å². The Bertz CT molecular complexity index is 977. The number of amides is 1. The second kappa shape index (κ2) is 6.16. The number of hydrogen-bond acceptors (Lipinski definition) is 4. The smallest absolute Gasteiger partial charge is 0.275 e. The maximum atomic E-state index is 13.1. The van der Waals surface area contributed by atoms with Gasteiger partial charge in [-0.15, -0.1) is 0 Å². The second-order valence-electron chi connectivity index (χ2n) is 6.38. The maximum absolute atomic E-state index is 13.1. The van der Waals surface area contributed by atoms with E-state index < -0.39 is 0 Å². The fourth-order valence-electron chi connectivity index (χ4n) is 3.48. The molecule has 0 spiro atoms. The van der Waals surface area contributed by atoms with Crippen LogP contribution in [-0.2, 0) is 7.05 Å². The average molecular weight is 337 g/mol. The van der Waals surface area contributed by atoms with Crippen molar-refractivity contribution in [1.82, 2.24) is 24.2 Å². The van der Waals surface area contributed by atoms with Gasteiger partial charge in [0.1, 0.15) is 0 Å². The molecule has 1 aliphatic rings. The SMILES string of the molecule is Cn1nc(C(=O)N2CCC[C@@H](n3ccnc3)C2)c2ccccc2c1=O. The number of benzene rings is 1. The molecule has 3 heterocycles. The molecule has 4 rings (SSSR count). The van der Waals surface area contributed by atoms with Crippen molar-refractivity contribution >= 4 is 16.7 Å². The molecule has 1 saturated heterocycles. The molecular formula is C18H19N5O2. The van der Waals surface area contributed by atoms with Crippen molar-refractivity contribution < 1.29 is 4.79 Å². The molecule has 1 fully saturated rings. The van der Waals surface area contributed by atoms with Crippen LogP contribution in [-0.4, -0.2) is 43.2 Å². The number of aryl methyl sites for hydroxylation is 1. The first-order valence-electron chi connectivity index (χ1n) is 8.38. The molecule has 1 aliphatic heterocycles. The van der Waals surface area contributed by atoms with E-state index in [0.717, 1.165) is 12.8 Å². The zero-order valence-electron chi connectivity index (χ0n) is 14.0. The lowest BCUT2D eigenvalue weighted by Gasteiger charge is -2.33. The molecule has 1 amide bonds. The first-order valence-corrected chi connectivity index (χ1v) is 8.38. The highest BCUT2D eigenvalue weighted by Crippen LogP contribution is 2.23. The van der Waals surface area contributed by atoms with Crippen LogP contribution in [0.5, 0.6) is 0 Å².